The predicted molar refractivity (Wildman–Crippen MR) is 95.1 cm³/mol. The molecule has 0 aliphatic heterocycles. The molecule has 1 N–H and O–H groups in total. The van der Waals surface area contributed by atoms with Gasteiger partial charge in [-0.1, -0.05) is 60.7 Å². The molecule has 2 heteroatoms. The van der Waals surface area contributed by atoms with Crippen molar-refractivity contribution < 1.29 is 0 Å². The fourth-order valence-corrected chi connectivity index (χ4v) is 3.28. The zero-order valence-electron chi connectivity index (χ0n) is 13.0. The Balaban J connectivity index is 2.02. The largest absolute Gasteiger partial charge is 0.310 e. The zero-order chi connectivity index (χ0) is 14.9. The summed E-state index contributed by atoms with van der Waals surface area (Å²) in [5.74, 6) is 1.15. The van der Waals surface area contributed by atoms with Gasteiger partial charge in [-0.15, -0.1) is 0 Å². The van der Waals surface area contributed by atoms with Gasteiger partial charge >= 0.3 is 0 Å². The zero-order valence-corrected chi connectivity index (χ0v) is 13.8. The molecule has 21 heavy (non-hydrogen) atoms. The third kappa shape index (κ3) is 5.94. The van der Waals surface area contributed by atoms with Gasteiger partial charge in [-0.05, 0) is 37.1 Å². The van der Waals surface area contributed by atoms with Crippen LogP contribution in [0.25, 0.3) is 0 Å². The summed E-state index contributed by atoms with van der Waals surface area (Å²) in [6.45, 7) is 2.28. The van der Waals surface area contributed by atoms with Crippen LogP contribution in [-0.2, 0) is 12.8 Å². The minimum Gasteiger partial charge on any atom is -0.310 e. The van der Waals surface area contributed by atoms with Crippen molar-refractivity contribution in [2.75, 3.05) is 12.0 Å². The van der Waals surface area contributed by atoms with E-state index in [-0.39, 0.29) is 0 Å². The van der Waals surface area contributed by atoms with Crippen molar-refractivity contribution in [3.8, 4) is 0 Å². The molecular weight excluding hydrogens is 274 g/mol. The lowest BCUT2D eigenvalue weighted by atomic mass is 9.98. The highest BCUT2D eigenvalue weighted by molar-refractivity contribution is 7.98. The Morgan fingerprint density at radius 1 is 0.857 bits per heavy atom. The summed E-state index contributed by atoms with van der Waals surface area (Å²) >= 11 is 1.90. The standard InChI is InChI=1S/C19H25NS/c1-16(15-21-2)20-19(13-17-9-5-3-6-10-17)14-18-11-7-4-8-12-18/h3-12,16,19-20H,13-15H2,1-2H3. The van der Waals surface area contributed by atoms with E-state index in [2.05, 4.69) is 79.2 Å². The van der Waals surface area contributed by atoms with Crippen LogP contribution in [-0.4, -0.2) is 24.1 Å². The van der Waals surface area contributed by atoms with Crippen molar-refractivity contribution in [1.29, 1.82) is 0 Å². The molecule has 0 saturated heterocycles. The normalized spacial score (nSPS) is 12.5. The van der Waals surface area contributed by atoms with E-state index < -0.39 is 0 Å². The molecule has 0 radical (unpaired) electrons. The molecule has 2 rings (SSSR count). The monoisotopic (exact) mass is 299 g/mol. The molecule has 0 bridgehead atoms. The molecule has 0 aliphatic rings. The Kier molecular flexibility index (Phi) is 6.84. The summed E-state index contributed by atoms with van der Waals surface area (Å²) in [6.07, 6.45) is 4.32. The highest BCUT2D eigenvalue weighted by Crippen LogP contribution is 2.11. The summed E-state index contributed by atoms with van der Waals surface area (Å²) in [4.78, 5) is 0. The van der Waals surface area contributed by atoms with Gasteiger partial charge in [0.1, 0.15) is 0 Å². The SMILES string of the molecule is CSCC(C)NC(Cc1ccccc1)Cc1ccccc1. The fourth-order valence-electron chi connectivity index (χ4n) is 2.69. The number of thioether (sulfide) groups is 1. The molecule has 0 saturated carbocycles. The second-order valence-electron chi connectivity index (χ2n) is 5.60. The second-order valence-corrected chi connectivity index (χ2v) is 6.51. The minimum absolute atomic E-state index is 0.483. The fraction of sp³-hybridized carbons (Fsp3) is 0.368. The van der Waals surface area contributed by atoms with Crippen LogP contribution in [0.4, 0.5) is 0 Å². The summed E-state index contributed by atoms with van der Waals surface area (Å²) in [6, 6.07) is 22.6. The molecule has 112 valence electrons. The quantitative estimate of drug-likeness (QED) is 0.784. The summed E-state index contributed by atoms with van der Waals surface area (Å²) in [5, 5.41) is 3.79. The topological polar surface area (TPSA) is 12.0 Å². The van der Waals surface area contributed by atoms with Crippen LogP contribution >= 0.6 is 11.8 Å². The molecule has 2 aromatic carbocycles. The predicted octanol–water partition coefficient (Wildman–Crippen LogP) is 4.18. The molecule has 0 aromatic heterocycles. The van der Waals surface area contributed by atoms with Gasteiger partial charge in [0.25, 0.3) is 0 Å². The third-order valence-electron chi connectivity index (χ3n) is 3.59. The van der Waals surface area contributed by atoms with Crippen LogP contribution < -0.4 is 5.32 Å². The maximum Gasteiger partial charge on any atom is 0.0151 e. The summed E-state index contributed by atoms with van der Waals surface area (Å²) in [7, 11) is 0. The van der Waals surface area contributed by atoms with Crippen molar-refractivity contribution in [1.82, 2.24) is 5.32 Å². The van der Waals surface area contributed by atoms with E-state index >= 15 is 0 Å². The summed E-state index contributed by atoms with van der Waals surface area (Å²) in [5.41, 5.74) is 2.81. The first kappa shape index (κ1) is 16.1. The maximum absolute atomic E-state index is 3.79. The molecule has 0 heterocycles. The summed E-state index contributed by atoms with van der Waals surface area (Å²) < 4.78 is 0. The average molecular weight is 299 g/mol. The van der Waals surface area contributed by atoms with Crippen LogP contribution in [0, 0.1) is 0 Å². The first-order valence-corrected chi connectivity index (χ1v) is 9.00. The van der Waals surface area contributed by atoms with Gasteiger partial charge in [0.15, 0.2) is 0 Å². The van der Waals surface area contributed by atoms with Gasteiger partial charge in [0, 0.05) is 17.8 Å². The van der Waals surface area contributed by atoms with Crippen LogP contribution in [0.5, 0.6) is 0 Å². The molecule has 0 fully saturated rings. The number of hydrogen-bond acceptors (Lipinski definition) is 2. The number of benzene rings is 2. The van der Waals surface area contributed by atoms with Gasteiger partial charge in [-0.2, -0.15) is 11.8 Å². The van der Waals surface area contributed by atoms with Gasteiger partial charge < -0.3 is 5.32 Å². The Morgan fingerprint density at radius 2 is 1.33 bits per heavy atom. The van der Waals surface area contributed by atoms with E-state index in [1.807, 2.05) is 11.8 Å². The Labute approximate surface area is 133 Å². The van der Waals surface area contributed by atoms with Gasteiger partial charge in [0.2, 0.25) is 0 Å². The lowest BCUT2D eigenvalue weighted by molar-refractivity contribution is 0.461. The second kappa shape index (κ2) is 8.91. The van der Waals surface area contributed by atoms with Crippen molar-refractivity contribution in [3.63, 3.8) is 0 Å². The number of rotatable bonds is 8. The van der Waals surface area contributed by atoms with Crippen LogP contribution in [0.2, 0.25) is 0 Å². The third-order valence-corrected chi connectivity index (χ3v) is 4.42. The molecule has 0 aliphatic carbocycles. The molecule has 0 amide bonds. The van der Waals surface area contributed by atoms with E-state index in [9.17, 15) is 0 Å². The van der Waals surface area contributed by atoms with Crippen molar-refractivity contribution >= 4 is 11.8 Å². The molecule has 1 unspecified atom stereocenters. The Bertz CT molecular complexity index is 456. The van der Waals surface area contributed by atoms with Gasteiger partial charge in [0.05, 0.1) is 0 Å². The first-order chi connectivity index (χ1) is 10.3. The van der Waals surface area contributed by atoms with Gasteiger partial charge in [-0.3, -0.25) is 0 Å². The van der Waals surface area contributed by atoms with E-state index in [4.69, 9.17) is 0 Å². The van der Waals surface area contributed by atoms with E-state index in [1.54, 1.807) is 0 Å². The highest BCUT2D eigenvalue weighted by atomic mass is 32.2. The van der Waals surface area contributed by atoms with Crippen LogP contribution in [0.1, 0.15) is 18.1 Å². The Morgan fingerprint density at radius 3 is 1.76 bits per heavy atom. The van der Waals surface area contributed by atoms with Crippen LogP contribution in [0.3, 0.4) is 0 Å². The van der Waals surface area contributed by atoms with Crippen molar-refractivity contribution in [2.45, 2.75) is 31.8 Å². The number of nitrogens with one attached hydrogen (secondary N) is 1. The van der Waals surface area contributed by atoms with Crippen molar-refractivity contribution in [2.24, 2.45) is 0 Å². The first-order valence-electron chi connectivity index (χ1n) is 7.60. The smallest absolute Gasteiger partial charge is 0.0151 e. The highest BCUT2D eigenvalue weighted by Gasteiger charge is 2.13. The average Bonchev–Trinajstić information content (AvgIpc) is 2.49. The number of hydrogen-bond donors (Lipinski definition) is 1. The molecule has 2 aromatic rings. The Hall–Kier alpha value is -1.25. The van der Waals surface area contributed by atoms with E-state index in [0.717, 1.165) is 18.6 Å². The molecule has 0 spiro atoms. The molecule has 1 nitrogen and oxygen atoms in total. The van der Waals surface area contributed by atoms with Crippen molar-refractivity contribution in [3.05, 3.63) is 71.8 Å². The lowest BCUT2D eigenvalue weighted by Gasteiger charge is -2.23. The lowest BCUT2D eigenvalue weighted by Crippen LogP contribution is -2.40. The van der Waals surface area contributed by atoms with E-state index in [0.29, 0.717) is 12.1 Å². The maximum atomic E-state index is 3.79. The van der Waals surface area contributed by atoms with Crippen LogP contribution in [0.15, 0.2) is 60.7 Å². The molecule has 1 atom stereocenters. The molecular formula is C19H25NS. The van der Waals surface area contributed by atoms with Gasteiger partial charge in [-0.25, -0.2) is 0 Å². The van der Waals surface area contributed by atoms with E-state index in [1.165, 1.54) is 11.1 Å². The minimum atomic E-state index is 0.483.